The summed E-state index contributed by atoms with van der Waals surface area (Å²) in [6.45, 7) is 5.61. The Hall–Kier alpha value is -3.84. The number of hydrogen-bond acceptors (Lipinski definition) is 6. The van der Waals surface area contributed by atoms with Gasteiger partial charge in [0.2, 0.25) is 0 Å². The summed E-state index contributed by atoms with van der Waals surface area (Å²) in [6.07, 6.45) is 4.22. The summed E-state index contributed by atoms with van der Waals surface area (Å²) in [5.41, 5.74) is 1.93. The molecule has 0 heterocycles. The molecular weight excluding hydrogens is 502 g/mol. The first-order valence-electron chi connectivity index (χ1n) is 13.7. The number of hydrogen-bond donors (Lipinski definition) is 2. The molecule has 40 heavy (non-hydrogen) atoms. The second-order valence-electron chi connectivity index (χ2n) is 10.6. The van der Waals surface area contributed by atoms with Gasteiger partial charge in [-0.2, -0.15) is 0 Å². The molecule has 0 aliphatic carbocycles. The fourth-order valence-corrected chi connectivity index (χ4v) is 5.46. The predicted molar refractivity (Wildman–Crippen MR) is 159 cm³/mol. The van der Waals surface area contributed by atoms with Crippen LogP contribution >= 0.6 is 0 Å². The molecule has 0 fully saturated rings. The number of rotatable bonds is 12. The van der Waals surface area contributed by atoms with Gasteiger partial charge in [0, 0.05) is 11.0 Å². The van der Waals surface area contributed by atoms with Gasteiger partial charge >= 0.3 is 5.97 Å². The molecule has 0 aliphatic heterocycles. The van der Waals surface area contributed by atoms with Crippen LogP contribution < -0.4 is 5.90 Å². The maximum Gasteiger partial charge on any atom is 0.308 e. The van der Waals surface area contributed by atoms with Crippen LogP contribution in [0, 0.1) is 11.3 Å². The predicted octanol–water partition coefficient (Wildman–Crippen LogP) is 6.80. The van der Waals surface area contributed by atoms with Gasteiger partial charge in [0.15, 0.2) is 5.78 Å². The first kappa shape index (κ1) is 29.2. The van der Waals surface area contributed by atoms with Gasteiger partial charge < -0.3 is 9.84 Å². The van der Waals surface area contributed by atoms with E-state index in [1.165, 1.54) is 0 Å². The summed E-state index contributed by atoms with van der Waals surface area (Å²) in [4.78, 5) is 31.0. The van der Waals surface area contributed by atoms with Crippen molar-refractivity contribution in [1.29, 1.82) is 0 Å². The molecule has 6 heteroatoms. The van der Waals surface area contributed by atoms with E-state index < -0.39 is 17.4 Å². The molecular formula is C34H37NO5. The Bertz CT molecular complexity index is 1460. The number of benzene rings is 4. The molecule has 0 radical (unpaired) electrons. The average molecular weight is 540 g/mol. The third-order valence-corrected chi connectivity index (χ3v) is 7.80. The summed E-state index contributed by atoms with van der Waals surface area (Å²) in [5, 5.41) is 13.4. The van der Waals surface area contributed by atoms with Crippen LogP contribution in [0.3, 0.4) is 0 Å². The van der Waals surface area contributed by atoms with Gasteiger partial charge in [0.05, 0.1) is 12.5 Å². The Morgan fingerprint density at radius 3 is 2.12 bits per heavy atom. The molecule has 0 bridgehead atoms. The molecule has 6 nitrogen and oxygen atoms in total. The Morgan fingerprint density at radius 1 is 0.975 bits per heavy atom. The van der Waals surface area contributed by atoms with E-state index in [-0.39, 0.29) is 25.0 Å². The van der Waals surface area contributed by atoms with E-state index >= 15 is 0 Å². The molecule has 4 rings (SSSR count). The van der Waals surface area contributed by atoms with Crippen molar-refractivity contribution < 1.29 is 24.3 Å². The van der Waals surface area contributed by atoms with Crippen molar-refractivity contribution in [2.75, 3.05) is 13.2 Å². The highest BCUT2D eigenvalue weighted by Gasteiger charge is 2.38. The molecule has 0 aliphatic rings. The van der Waals surface area contributed by atoms with Gasteiger partial charge in [-0.15, -0.1) is 0 Å². The van der Waals surface area contributed by atoms with E-state index in [1.54, 1.807) is 25.1 Å². The Morgan fingerprint density at radius 2 is 1.57 bits per heavy atom. The monoisotopic (exact) mass is 539 g/mol. The number of aliphatic hydroxyl groups is 1. The molecule has 0 aromatic heterocycles. The highest BCUT2D eigenvalue weighted by molar-refractivity contribution is 6.11. The highest BCUT2D eigenvalue weighted by Crippen LogP contribution is 2.44. The third kappa shape index (κ3) is 6.31. The van der Waals surface area contributed by atoms with Crippen molar-refractivity contribution in [3.63, 3.8) is 0 Å². The molecule has 4 aromatic carbocycles. The number of fused-ring (bicyclic) bond motifs is 2. The fourth-order valence-electron chi connectivity index (χ4n) is 5.46. The first-order chi connectivity index (χ1) is 19.3. The van der Waals surface area contributed by atoms with E-state index in [0.29, 0.717) is 18.4 Å². The highest BCUT2D eigenvalue weighted by atomic mass is 16.6. The smallest absolute Gasteiger partial charge is 0.308 e. The fraction of sp³-hybridized carbons (Fsp3) is 0.294. The molecule has 4 aromatic rings. The third-order valence-electron chi connectivity index (χ3n) is 7.80. The first-order valence-corrected chi connectivity index (χ1v) is 13.7. The zero-order valence-corrected chi connectivity index (χ0v) is 23.3. The summed E-state index contributed by atoms with van der Waals surface area (Å²) >= 11 is 0. The van der Waals surface area contributed by atoms with Crippen LogP contribution in [-0.4, -0.2) is 30.1 Å². The summed E-state index contributed by atoms with van der Waals surface area (Å²) in [7, 11) is 0. The van der Waals surface area contributed by atoms with Crippen molar-refractivity contribution in [3.05, 3.63) is 102 Å². The molecule has 0 saturated carbocycles. The molecule has 3 atom stereocenters. The van der Waals surface area contributed by atoms with Crippen LogP contribution in [0.15, 0.2) is 84.9 Å². The van der Waals surface area contributed by atoms with Crippen molar-refractivity contribution in [2.45, 2.75) is 39.7 Å². The van der Waals surface area contributed by atoms with Crippen molar-refractivity contribution in [2.24, 2.45) is 17.2 Å². The molecule has 0 amide bonds. The lowest BCUT2D eigenvalue weighted by Crippen LogP contribution is -2.33. The normalized spacial score (nSPS) is 14.7. The summed E-state index contributed by atoms with van der Waals surface area (Å²) in [6, 6.07) is 25.8. The van der Waals surface area contributed by atoms with E-state index in [0.717, 1.165) is 32.7 Å². The van der Waals surface area contributed by atoms with Crippen LogP contribution in [0.5, 0.6) is 0 Å². The van der Waals surface area contributed by atoms with Crippen molar-refractivity contribution in [1.82, 2.24) is 0 Å². The van der Waals surface area contributed by atoms with E-state index in [4.69, 9.17) is 20.6 Å². The van der Waals surface area contributed by atoms with E-state index in [9.17, 15) is 9.59 Å². The Labute approximate surface area is 235 Å². The number of allylic oxidation sites excluding steroid dienone is 1. The topological polar surface area (TPSA) is 98.8 Å². The van der Waals surface area contributed by atoms with Crippen LogP contribution in [0.2, 0.25) is 0 Å². The standard InChI is InChI=1S/C34H37NO5/c1-4-34(3,22-23(2)33(38)39-20-19-36)32(40-35)25-15-13-24(14-16-25)31(37)18-17-30-28-11-7-5-9-26(28)21-27-10-6-8-12-29(27)30/h5-18,21,23,32,36H,4,19-20,22,35H2,1-3H3. The molecule has 0 saturated heterocycles. The van der Waals surface area contributed by atoms with Gasteiger partial charge in [-0.25, -0.2) is 5.90 Å². The summed E-state index contributed by atoms with van der Waals surface area (Å²) < 4.78 is 5.10. The van der Waals surface area contributed by atoms with Crippen LogP contribution in [0.25, 0.3) is 27.6 Å². The molecule has 3 N–H and O–H groups in total. The van der Waals surface area contributed by atoms with Crippen molar-refractivity contribution >= 4 is 39.4 Å². The lowest BCUT2D eigenvalue weighted by molar-refractivity contribution is -0.151. The number of nitrogens with two attached hydrogens (primary N) is 1. The number of carbonyl (C=O) groups excluding carboxylic acids is 2. The second-order valence-corrected chi connectivity index (χ2v) is 10.6. The molecule has 208 valence electrons. The van der Waals surface area contributed by atoms with Gasteiger partial charge in [0.1, 0.15) is 12.7 Å². The lowest BCUT2D eigenvalue weighted by Gasteiger charge is -2.37. The number of ketones is 1. The van der Waals surface area contributed by atoms with E-state index in [2.05, 4.69) is 30.3 Å². The van der Waals surface area contributed by atoms with Crippen LogP contribution in [0.4, 0.5) is 0 Å². The quantitative estimate of drug-likeness (QED) is 0.0675. The minimum Gasteiger partial charge on any atom is -0.463 e. The summed E-state index contributed by atoms with van der Waals surface area (Å²) in [5.74, 6) is 4.91. The number of aliphatic hydroxyl groups excluding tert-OH is 1. The Balaban J connectivity index is 1.56. The SMILES string of the molecule is CCC(C)(CC(C)C(=O)OCCO)C(ON)c1ccc(C(=O)C=Cc2c3ccccc3cc3ccccc23)cc1. The van der Waals surface area contributed by atoms with Crippen molar-refractivity contribution in [3.8, 4) is 0 Å². The minimum atomic E-state index is -0.493. The van der Waals surface area contributed by atoms with Gasteiger partial charge in [0.25, 0.3) is 0 Å². The largest absolute Gasteiger partial charge is 0.463 e. The van der Waals surface area contributed by atoms with Gasteiger partial charge in [-0.1, -0.05) is 93.6 Å². The molecule has 0 spiro atoms. The second kappa shape index (κ2) is 13.0. The molecule has 3 unspecified atom stereocenters. The zero-order valence-electron chi connectivity index (χ0n) is 23.3. The minimum absolute atomic E-state index is 0.0243. The maximum absolute atomic E-state index is 13.2. The van der Waals surface area contributed by atoms with Crippen LogP contribution in [-0.2, 0) is 14.4 Å². The Kier molecular flexibility index (Phi) is 9.48. The number of esters is 1. The number of ether oxygens (including phenoxy) is 1. The number of carbonyl (C=O) groups is 2. The zero-order chi connectivity index (χ0) is 28.7. The maximum atomic E-state index is 13.2. The van der Waals surface area contributed by atoms with Gasteiger partial charge in [-0.3, -0.25) is 14.4 Å². The van der Waals surface area contributed by atoms with E-state index in [1.807, 2.05) is 56.3 Å². The lowest BCUT2D eigenvalue weighted by atomic mass is 9.72. The van der Waals surface area contributed by atoms with Crippen LogP contribution in [0.1, 0.15) is 61.2 Å². The van der Waals surface area contributed by atoms with Gasteiger partial charge in [-0.05, 0) is 63.7 Å². The average Bonchev–Trinajstić information content (AvgIpc) is 2.98.